The number of rotatable bonds is 2. The van der Waals surface area contributed by atoms with Gasteiger partial charge in [0, 0.05) is 6.07 Å². The molecule has 1 aliphatic carbocycles. The number of anilines is 1. The Hall–Kier alpha value is -1.32. The summed E-state index contributed by atoms with van der Waals surface area (Å²) in [6.45, 7) is 8.73. The first-order chi connectivity index (χ1) is 8.34. The second-order valence-electron chi connectivity index (χ2n) is 6.33. The molecule has 2 atom stereocenters. The first-order valence-corrected chi connectivity index (χ1v) is 6.62. The molecule has 0 aromatic carbocycles. The Morgan fingerprint density at radius 3 is 2.67 bits per heavy atom. The maximum Gasteiger partial charge on any atom is 0.218 e. The van der Waals surface area contributed by atoms with E-state index in [-0.39, 0.29) is 6.10 Å². The van der Waals surface area contributed by atoms with Crippen molar-refractivity contribution in [1.82, 2.24) is 9.97 Å². The molecule has 0 radical (unpaired) electrons. The second kappa shape index (κ2) is 4.75. The first kappa shape index (κ1) is 13.1. The largest absolute Gasteiger partial charge is 0.474 e. The van der Waals surface area contributed by atoms with Crippen molar-refractivity contribution in [3.63, 3.8) is 0 Å². The van der Waals surface area contributed by atoms with Gasteiger partial charge in [0.05, 0.1) is 0 Å². The van der Waals surface area contributed by atoms with Gasteiger partial charge in [-0.3, -0.25) is 0 Å². The molecule has 1 heterocycles. The molecule has 0 saturated heterocycles. The van der Waals surface area contributed by atoms with Crippen molar-refractivity contribution in [1.29, 1.82) is 0 Å². The predicted octanol–water partition coefficient (Wildman–Crippen LogP) is 2.96. The highest BCUT2D eigenvalue weighted by molar-refractivity contribution is 5.32. The highest BCUT2D eigenvalue weighted by Gasteiger charge is 2.33. The summed E-state index contributed by atoms with van der Waals surface area (Å²) in [5.74, 6) is 2.43. The van der Waals surface area contributed by atoms with E-state index in [1.54, 1.807) is 6.07 Å². The number of ether oxygens (including phenoxy) is 1. The molecule has 2 rings (SSSR count). The van der Waals surface area contributed by atoms with Crippen molar-refractivity contribution in [2.45, 2.75) is 53.1 Å². The lowest BCUT2D eigenvalue weighted by atomic mass is 9.71. The SMILES string of the molecule is Cc1nc(N)cc(OC2CC(C)CC(C)(C)C2)n1. The molecule has 4 heteroatoms. The van der Waals surface area contributed by atoms with Crippen LogP contribution in [0.1, 0.15) is 45.9 Å². The van der Waals surface area contributed by atoms with Crippen LogP contribution in [0.3, 0.4) is 0 Å². The Kier molecular flexibility index (Phi) is 3.46. The summed E-state index contributed by atoms with van der Waals surface area (Å²) in [6.07, 6.45) is 3.65. The number of hydrogen-bond acceptors (Lipinski definition) is 4. The van der Waals surface area contributed by atoms with Gasteiger partial charge in [-0.25, -0.2) is 4.98 Å². The third-order valence-electron chi connectivity index (χ3n) is 3.47. The highest BCUT2D eigenvalue weighted by Crippen LogP contribution is 2.39. The Morgan fingerprint density at radius 2 is 2.06 bits per heavy atom. The normalized spacial score (nSPS) is 26.9. The van der Waals surface area contributed by atoms with Crippen LogP contribution in [0.15, 0.2) is 6.07 Å². The maximum atomic E-state index is 5.99. The zero-order chi connectivity index (χ0) is 13.3. The van der Waals surface area contributed by atoms with E-state index in [9.17, 15) is 0 Å². The quantitative estimate of drug-likeness (QED) is 0.875. The zero-order valence-corrected chi connectivity index (χ0v) is 11.7. The molecule has 4 nitrogen and oxygen atoms in total. The van der Waals surface area contributed by atoms with E-state index >= 15 is 0 Å². The average molecular weight is 249 g/mol. The lowest BCUT2D eigenvalue weighted by Gasteiger charge is -2.38. The highest BCUT2D eigenvalue weighted by atomic mass is 16.5. The topological polar surface area (TPSA) is 61.0 Å². The van der Waals surface area contributed by atoms with Crippen LogP contribution >= 0.6 is 0 Å². The lowest BCUT2D eigenvalue weighted by Crippen LogP contribution is -2.34. The average Bonchev–Trinajstić information content (AvgIpc) is 2.10. The van der Waals surface area contributed by atoms with E-state index in [1.165, 1.54) is 6.42 Å². The van der Waals surface area contributed by atoms with Gasteiger partial charge in [0.1, 0.15) is 17.7 Å². The summed E-state index contributed by atoms with van der Waals surface area (Å²) in [5.41, 5.74) is 6.06. The molecule has 18 heavy (non-hydrogen) atoms. The van der Waals surface area contributed by atoms with E-state index in [1.807, 2.05) is 6.92 Å². The van der Waals surface area contributed by atoms with Gasteiger partial charge in [-0.15, -0.1) is 0 Å². The lowest BCUT2D eigenvalue weighted by molar-refractivity contribution is 0.0531. The molecule has 1 saturated carbocycles. The molecule has 0 aliphatic heterocycles. The van der Waals surface area contributed by atoms with Gasteiger partial charge >= 0.3 is 0 Å². The van der Waals surface area contributed by atoms with Crippen LogP contribution in [0.5, 0.6) is 5.88 Å². The van der Waals surface area contributed by atoms with Gasteiger partial charge in [-0.1, -0.05) is 20.8 Å². The van der Waals surface area contributed by atoms with Crippen molar-refractivity contribution in [3.8, 4) is 5.88 Å². The summed E-state index contributed by atoms with van der Waals surface area (Å²) < 4.78 is 5.99. The van der Waals surface area contributed by atoms with Gasteiger partial charge in [-0.05, 0) is 37.5 Å². The second-order valence-corrected chi connectivity index (χ2v) is 6.33. The molecular formula is C14H23N3O. The third-order valence-corrected chi connectivity index (χ3v) is 3.47. The Balaban J connectivity index is 2.08. The van der Waals surface area contributed by atoms with Crippen LogP contribution in [-0.2, 0) is 0 Å². The summed E-state index contributed by atoms with van der Waals surface area (Å²) >= 11 is 0. The maximum absolute atomic E-state index is 5.99. The van der Waals surface area contributed by atoms with Crippen molar-refractivity contribution >= 4 is 5.82 Å². The smallest absolute Gasteiger partial charge is 0.218 e. The molecule has 100 valence electrons. The standard InChI is InChI=1S/C14H23N3O/c1-9-5-11(8-14(3,4)7-9)18-13-6-12(15)16-10(2)17-13/h6,9,11H,5,7-8H2,1-4H3,(H2,15,16,17). The van der Waals surface area contributed by atoms with Crippen molar-refractivity contribution in [2.24, 2.45) is 11.3 Å². The number of aryl methyl sites for hydroxylation is 1. The van der Waals surface area contributed by atoms with Crippen LogP contribution in [0.4, 0.5) is 5.82 Å². The monoisotopic (exact) mass is 249 g/mol. The van der Waals surface area contributed by atoms with Crippen LogP contribution < -0.4 is 10.5 Å². The molecular weight excluding hydrogens is 226 g/mol. The summed E-state index contributed by atoms with van der Waals surface area (Å²) in [4.78, 5) is 8.35. The van der Waals surface area contributed by atoms with Crippen molar-refractivity contribution in [3.05, 3.63) is 11.9 Å². The number of nitrogens with zero attached hydrogens (tertiary/aromatic N) is 2. The molecule has 0 amide bonds. The molecule has 1 aromatic heterocycles. The van der Waals surface area contributed by atoms with Gasteiger partial charge in [0.25, 0.3) is 0 Å². The fourth-order valence-corrected chi connectivity index (χ4v) is 3.14. The number of nitrogens with two attached hydrogens (primary N) is 1. The van der Waals surface area contributed by atoms with E-state index in [0.717, 1.165) is 12.8 Å². The summed E-state index contributed by atoms with van der Waals surface area (Å²) in [5, 5.41) is 0. The van der Waals surface area contributed by atoms with Gasteiger partial charge in [-0.2, -0.15) is 4.98 Å². The fourth-order valence-electron chi connectivity index (χ4n) is 3.14. The van der Waals surface area contributed by atoms with E-state index in [0.29, 0.717) is 28.9 Å². The van der Waals surface area contributed by atoms with Gasteiger partial charge in [0.15, 0.2) is 0 Å². The summed E-state index contributed by atoms with van der Waals surface area (Å²) in [6, 6.07) is 1.71. The molecule has 0 spiro atoms. The van der Waals surface area contributed by atoms with E-state index in [2.05, 4.69) is 30.7 Å². The molecule has 1 fully saturated rings. The molecule has 0 bridgehead atoms. The molecule has 1 aliphatic rings. The van der Waals surface area contributed by atoms with E-state index < -0.39 is 0 Å². The van der Waals surface area contributed by atoms with Crippen LogP contribution in [0, 0.1) is 18.3 Å². The number of aromatic nitrogens is 2. The van der Waals surface area contributed by atoms with E-state index in [4.69, 9.17) is 10.5 Å². The van der Waals surface area contributed by atoms with Crippen LogP contribution in [0.2, 0.25) is 0 Å². The minimum atomic E-state index is 0.234. The molecule has 2 N–H and O–H groups in total. The number of nitrogen functional groups attached to an aromatic ring is 1. The third kappa shape index (κ3) is 3.34. The minimum absolute atomic E-state index is 0.234. The fraction of sp³-hybridized carbons (Fsp3) is 0.714. The first-order valence-electron chi connectivity index (χ1n) is 6.62. The predicted molar refractivity (Wildman–Crippen MR) is 72.4 cm³/mol. The zero-order valence-electron chi connectivity index (χ0n) is 11.7. The molecule has 2 unspecified atom stereocenters. The number of hydrogen-bond donors (Lipinski definition) is 1. The van der Waals surface area contributed by atoms with Gasteiger partial charge < -0.3 is 10.5 Å². The van der Waals surface area contributed by atoms with Crippen molar-refractivity contribution in [2.75, 3.05) is 5.73 Å². The Morgan fingerprint density at radius 1 is 1.33 bits per heavy atom. The molecule has 1 aromatic rings. The van der Waals surface area contributed by atoms with Crippen LogP contribution in [-0.4, -0.2) is 16.1 Å². The van der Waals surface area contributed by atoms with Gasteiger partial charge in [0.2, 0.25) is 5.88 Å². The minimum Gasteiger partial charge on any atom is -0.474 e. The summed E-state index contributed by atoms with van der Waals surface area (Å²) in [7, 11) is 0. The van der Waals surface area contributed by atoms with Crippen molar-refractivity contribution < 1.29 is 4.74 Å². The Bertz CT molecular complexity index is 411. The van der Waals surface area contributed by atoms with Crippen LogP contribution in [0.25, 0.3) is 0 Å². The Labute approximate surface area is 109 Å².